The molecular weight excluding hydrogens is 298 g/mol. The summed E-state index contributed by atoms with van der Waals surface area (Å²) in [7, 11) is 5.22. The van der Waals surface area contributed by atoms with Gasteiger partial charge in [-0.3, -0.25) is 4.79 Å². The molecule has 0 aliphatic heterocycles. The second-order valence-electron chi connectivity index (χ2n) is 5.36. The molecule has 9 nitrogen and oxygen atoms in total. The van der Waals surface area contributed by atoms with Crippen molar-refractivity contribution < 1.29 is 44.0 Å². The van der Waals surface area contributed by atoms with Gasteiger partial charge in [0.25, 0.3) is 0 Å². The molecular formula is C11H20MgNO8+3. The van der Waals surface area contributed by atoms with Crippen molar-refractivity contribution in [2.75, 3.05) is 27.7 Å². The van der Waals surface area contributed by atoms with Crippen LogP contribution in [0.5, 0.6) is 0 Å². The van der Waals surface area contributed by atoms with Gasteiger partial charge in [-0.25, -0.2) is 9.59 Å². The summed E-state index contributed by atoms with van der Waals surface area (Å²) < 4.78 is 5.06. The Morgan fingerprint density at radius 2 is 1.52 bits per heavy atom. The van der Waals surface area contributed by atoms with Gasteiger partial charge >= 0.3 is 41.0 Å². The molecule has 0 radical (unpaired) electrons. The zero-order valence-corrected chi connectivity index (χ0v) is 13.6. The molecule has 0 aromatic heterocycles. The molecule has 0 aromatic rings. The standard InChI is InChI=1S/C11H19NO8.Mg/c1-12(2,3)5-6(4-7(13)14)20-11(19)9(16)8(15)10(17)18;/h6,8-9,15-16H,4-5H2,1-3H3,(H-,13,14,17,18);/q;+2/p+1/t6-,8?,9?;/m1./s1. The van der Waals surface area contributed by atoms with Crippen LogP contribution < -0.4 is 0 Å². The Morgan fingerprint density at radius 1 is 1.05 bits per heavy atom. The summed E-state index contributed by atoms with van der Waals surface area (Å²) in [5.74, 6) is -4.36. The van der Waals surface area contributed by atoms with Gasteiger partial charge in [0.15, 0.2) is 18.3 Å². The Morgan fingerprint density at radius 3 is 1.86 bits per heavy atom. The maximum absolute atomic E-state index is 11.5. The summed E-state index contributed by atoms with van der Waals surface area (Å²) >= 11 is 0. The maximum Gasteiger partial charge on any atom is 2.00 e. The van der Waals surface area contributed by atoms with Crippen LogP contribution in [0.4, 0.5) is 0 Å². The molecule has 0 spiro atoms. The maximum atomic E-state index is 11.5. The summed E-state index contributed by atoms with van der Waals surface area (Å²) in [6.45, 7) is 0.147. The first kappa shape index (κ1) is 22.3. The van der Waals surface area contributed by atoms with Crippen molar-refractivity contribution in [1.29, 1.82) is 0 Å². The number of carboxylic acid groups (broad SMARTS) is 2. The number of carbonyl (C=O) groups excluding carboxylic acids is 1. The minimum atomic E-state index is -2.32. The number of aliphatic hydroxyl groups is 2. The molecule has 0 amide bonds. The first-order valence-corrected chi connectivity index (χ1v) is 5.75. The molecule has 0 saturated carbocycles. The van der Waals surface area contributed by atoms with Crippen molar-refractivity contribution in [2.24, 2.45) is 0 Å². The number of rotatable bonds is 8. The SMILES string of the molecule is C[N+](C)(C)C[C@@H](CC(=O)O)OC(=O)C(O)C(O)C(=O)O.[Mg+2]. The fourth-order valence-corrected chi connectivity index (χ4v) is 1.45. The minimum absolute atomic E-state index is 0. The second kappa shape index (κ2) is 9.15. The molecule has 116 valence electrons. The largest absolute Gasteiger partial charge is 2.00 e. The van der Waals surface area contributed by atoms with Crippen LogP contribution in [0.2, 0.25) is 0 Å². The third kappa shape index (κ3) is 9.58. The van der Waals surface area contributed by atoms with Crippen molar-refractivity contribution in [2.45, 2.75) is 24.7 Å². The molecule has 0 aromatic carbocycles. The normalized spacial score (nSPS) is 15.3. The number of carbonyl (C=O) groups is 3. The fourth-order valence-electron chi connectivity index (χ4n) is 1.45. The number of aliphatic hydroxyl groups excluding tert-OH is 2. The zero-order valence-electron chi connectivity index (χ0n) is 12.2. The third-order valence-corrected chi connectivity index (χ3v) is 2.23. The van der Waals surface area contributed by atoms with E-state index in [9.17, 15) is 19.5 Å². The topological polar surface area (TPSA) is 141 Å². The van der Waals surface area contributed by atoms with E-state index in [0.717, 1.165) is 0 Å². The average Bonchev–Trinajstić information content (AvgIpc) is 2.23. The Balaban J connectivity index is 0. The third-order valence-electron chi connectivity index (χ3n) is 2.23. The van der Waals surface area contributed by atoms with Crippen LogP contribution in [-0.2, 0) is 19.1 Å². The molecule has 10 heteroatoms. The molecule has 0 heterocycles. The van der Waals surface area contributed by atoms with Crippen LogP contribution >= 0.6 is 0 Å². The van der Waals surface area contributed by atoms with E-state index in [1.54, 1.807) is 21.1 Å². The number of carboxylic acids is 2. The monoisotopic (exact) mass is 318 g/mol. The second-order valence-corrected chi connectivity index (χ2v) is 5.36. The van der Waals surface area contributed by atoms with Crippen molar-refractivity contribution in [3.63, 3.8) is 0 Å². The first-order chi connectivity index (χ1) is 8.94. The molecule has 0 rings (SSSR count). The van der Waals surface area contributed by atoms with Crippen LogP contribution in [0.25, 0.3) is 0 Å². The Hall–Kier alpha value is -0.944. The van der Waals surface area contributed by atoms with E-state index < -0.39 is 42.6 Å². The van der Waals surface area contributed by atoms with Crippen LogP contribution in [0.1, 0.15) is 6.42 Å². The van der Waals surface area contributed by atoms with E-state index >= 15 is 0 Å². The van der Waals surface area contributed by atoms with Crippen LogP contribution in [-0.4, -0.2) is 112 Å². The number of likely N-dealkylation sites (N-methyl/N-ethyl adjacent to an activating group) is 1. The predicted molar refractivity (Wildman–Crippen MR) is 70.4 cm³/mol. The number of hydrogen-bond donors (Lipinski definition) is 4. The van der Waals surface area contributed by atoms with Crippen molar-refractivity contribution in [3.8, 4) is 0 Å². The van der Waals surface area contributed by atoms with E-state index in [-0.39, 0.29) is 29.6 Å². The fraction of sp³-hybridized carbons (Fsp3) is 0.727. The van der Waals surface area contributed by atoms with Crippen molar-refractivity contribution in [3.05, 3.63) is 0 Å². The van der Waals surface area contributed by atoms with Crippen LogP contribution in [0.3, 0.4) is 0 Å². The number of aliphatic carboxylic acids is 2. The number of nitrogens with zero attached hydrogens (tertiary/aromatic N) is 1. The Kier molecular flexibility index (Phi) is 9.73. The molecule has 0 saturated heterocycles. The summed E-state index contributed by atoms with van der Waals surface area (Å²) in [6.07, 6.45) is -6.12. The zero-order chi connectivity index (χ0) is 16.1. The van der Waals surface area contributed by atoms with E-state index in [0.29, 0.717) is 4.48 Å². The van der Waals surface area contributed by atoms with E-state index in [4.69, 9.17) is 20.1 Å². The Labute approximate surface area is 137 Å². The summed E-state index contributed by atoms with van der Waals surface area (Å²) in [4.78, 5) is 32.6. The van der Waals surface area contributed by atoms with Crippen LogP contribution in [0.15, 0.2) is 0 Å². The number of hydrogen-bond acceptors (Lipinski definition) is 6. The molecule has 4 N–H and O–H groups in total. The van der Waals surface area contributed by atoms with E-state index in [2.05, 4.69) is 0 Å². The minimum Gasteiger partial charge on any atom is -0.481 e. The van der Waals surface area contributed by atoms with E-state index in [1.807, 2.05) is 0 Å². The molecule has 0 aliphatic carbocycles. The Bertz CT molecular complexity index is 381. The molecule has 21 heavy (non-hydrogen) atoms. The van der Waals surface area contributed by atoms with Gasteiger partial charge in [0.1, 0.15) is 6.54 Å². The van der Waals surface area contributed by atoms with Gasteiger partial charge in [0.2, 0.25) is 0 Å². The van der Waals surface area contributed by atoms with Gasteiger partial charge in [0.05, 0.1) is 27.6 Å². The number of ether oxygens (including phenoxy) is 1. The average molecular weight is 319 g/mol. The predicted octanol–water partition coefficient (Wildman–Crippen LogP) is -2.50. The van der Waals surface area contributed by atoms with Crippen molar-refractivity contribution >= 4 is 41.0 Å². The summed E-state index contributed by atoms with van der Waals surface area (Å²) in [5, 5.41) is 35.5. The van der Waals surface area contributed by atoms with Gasteiger partial charge in [-0.05, 0) is 0 Å². The quantitative estimate of drug-likeness (QED) is 0.219. The molecule has 2 unspecified atom stereocenters. The molecule has 3 atom stereocenters. The van der Waals surface area contributed by atoms with Crippen molar-refractivity contribution in [1.82, 2.24) is 0 Å². The molecule has 0 aliphatic rings. The summed E-state index contributed by atoms with van der Waals surface area (Å²) in [5.41, 5.74) is 0. The summed E-state index contributed by atoms with van der Waals surface area (Å²) in [6, 6.07) is 0. The van der Waals surface area contributed by atoms with Gasteiger partial charge < -0.3 is 29.6 Å². The first-order valence-electron chi connectivity index (χ1n) is 5.75. The number of esters is 1. The van der Waals surface area contributed by atoms with Gasteiger partial charge in [-0.2, -0.15) is 0 Å². The molecule has 0 bridgehead atoms. The smallest absolute Gasteiger partial charge is 0.481 e. The number of quaternary nitrogens is 1. The van der Waals surface area contributed by atoms with Crippen LogP contribution in [0, 0.1) is 0 Å². The van der Waals surface area contributed by atoms with E-state index in [1.165, 1.54) is 0 Å². The van der Waals surface area contributed by atoms with Gasteiger partial charge in [0, 0.05) is 0 Å². The molecule has 0 fully saturated rings. The van der Waals surface area contributed by atoms with Gasteiger partial charge in [-0.15, -0.1) is 0 Å². The van der Waals surface area contributed by atoms with Gasteiger partial charge in [-0.1, -0.05) is 0 Å².